The van der Waals surface area contributed by atoms with Gasteiger partial charge in [-0.15, -0.1) is 0 Å². The molecule has 1 aliphatic rings. The molecular formula is C33H43Cl3Si3Ti. The van der Waals surface area contributed by atoms with Crippen LogP contribution >= 0.6 is 0 Å². The molecule has 0 aromatic heterocycles. The van der Waals surface area contributed by atoms with Crippen molar-refractivity contribution in [2.45, 2.75) is 70.3 Å². The molecule has 0 atom stereocenters. The van der Waals surface area contributed by atoms with Gasteiger partial charge in [0.05, 0.1) is 0 Å². The zero-order valence-electron chi connectivity index (χ0n) is 25.6. The van der Waals surface area contributed by atoms with Gasteiger partial charge in [-0.2, -0.15) is 0 Å². The number of hydrogen-bond donors (Lipinski definition) is 0. The second-order valence-electron chi connectivity index (χ2n) is 13.0. The number of halogens is 3. The third-order valence-electron chi connectivity index (χ3n) is 8.91. The van der Waals surface area contributed by atoms with Gasteiger partial charge in [0.15, 0.2) is 0 Å². The van der Waals surface area contributed by atoms with E-state index in [1.165, 1.54) is 16.3 Å². The van der Waals surface area contributed by atoms with Crippen LogP contribution in [0, 0.1) is 0 Å². The molecule has 40 heavy (non-hydrogen) atoms. The Labute approximate surface area is 277 Å². The Balaban J connectivity index is 0.00000267. The summed E-state index contributed by atoms with van der Waals surface area (Å²) in [5.41, 5.74) is 6.07. The van der Waals surface area contributed by atoms with Crippen LogP contribution in [0.3, 0.4) is 0 Å². The van der Waals surface area contributed by atoms with Crippen molar-refractivity contribution in [3.63, 3.8) is 0 Å². The van der Waals surface area contributed by atoms with Gasteiger partial charge >= 0.3 is 242 Å². The number of hydrogen-bond acceptors (Lipinski definition) is 0. The van der Waals surface area contributed by atoms with E-state index in [1.54, 1.807) is 31.9 Å². The Morgan fingerprint density at radius 3 is 1.15 bits per heavy atom. The molecule has 0 nitrogen and oxygen atoms in total. The van der Waals surface area contributed by atoms with E-state index in [0.717, 1.165) is 0 Å². The molecule has 4 rings (SSSR count). The zero-order chi connectivity index (χ0) is 27.4. The van der Waals surface area contributed by atoms with Crippen LogP contribution in [0.5, 0.6) is 0 Å². The van der Waals surface area contributed by atoms with Gasteiger partial charge < -0.3 is 37.2 Å². The molecule has 1 aliphatic carbocycles. The van der Waals surface area contributed by atoms with Crippen LogP contribution in [-0.2, 0) is 20.4 Å². The van der Waals surface area contributed by atoms with Crippen molar-refractivity contribution in [1.82, 2.24) is 0 Å². The van der Waals surface area contributed by atoms with E-state index in [2.05, 4.69) is 166 Å². The van der Waals surface area contributed by atoms with Crippen molar-refractivity contribution in [2.75, 3.05) is 0 Å². The molecule has 0 aliphatic heterocycles. The molecule has 3 aromatic carbocycles. The standard InChI is InChI=1S/C33H43Si3.3ClH.Ti/c1-24-25(2)27(4)33(26(24)3)36(28-16-12-11-13-17-28,31-20-14-18-29(22-31)34(5,6)7)32-21-15-19-30(23-32)35(8,9)10;;;;/h11-23H,1-10H3;3*1H;/q;;;;+3/p-3. The predicted molar refractivity (Wildman–Crippen MR) is 169 cm³/mol. The molecule has 0 amide bonds. The molecular weight excluding hydrogens is 635 g/mol. The van der Waals surface area contributed by atoms with E-state index < -0.39 is 24.2 Å². The Hall–Kier alpha value is -0.625. The summed E-state index contributed by atoms with van der Waals surface area (Å²) in [6.45, 7) is 24.4. The van der Waals surface area contributed by atoms with Crippen molar-refractivity contribution in [1.29, 1.82) is 0 Å². The fraction of sp³-hybridized carbons (Fsp3) is 0.333. The molecule has 0 saturated carbocycles. The molecule has 0 unspecified atom stereocenters. The molecule has 0 radical (unpaired) electrons. The van der Waals surface area contributed by atoms with Gasteiger partial charge in [0.1, 0.15) is 0 Å². The van der Waals surface area contributed by atoms with Crippen LogP contribution in [0.4, 0.5) is 0 Å². The van der Waals surface area contributed by atoms with Gasteiger partial charge in [-0.1, -0.05) is 0 Å². The first-order valence-electron chi connectivity index (χ1n) is 13.6. The third-order valence-corrected chi connectivity index (χ3v) is 21.3. The second kappa shape index (κ2) is 13.3. The first-order chi connectivity index (χ1) is 17.2. The summed E-state index contributed by atoms with van der Waals surface area (Å²) in [7, 11) is -5.63. The van der Waals surface area contributed by atoms with Gasteiger partial charge in [-0.3, -0.25) is 0 Å². The van der Waals surface area contributed by atoms with Crippen molar-refractivity contribution in [3.05, 3.63) is 101 Å². The SMILES string of the molecule is CC1=C(C)[C]([Ti+3])([Si](c2ccccc2)(c2cccc([Si](C)(C)C)c2)c2cccc([Si](C)(C)C)c2)C(C)=C1C.[Cl-].[Cl-].[Cl-]. The van der Waals surface area contributed by atoms with Crippen LogP contribution < -0.4 is 63.2 Å². The van der Waals surface area contributed by atoms with Crippen LogP contribution in [-0.4, -0.2) is 24.2 Å². The molecule has 7 heteroatoms. The summed E-state index contributed by atoms with van der Waals surface area (Å²) in [4.78, 5) is 0. The van der Waals surface area contributed by atoms with E-state index in [1.807, 2.05) is 0 Å². The van der Waals surface area contributed by atoms with Crippen LogP contribution in [0.25, 0.3) is 0 Å². The number of allylic oxidation sites excluding steroid dienone is 4. The summed E-state index contributed by atoms with van der Waals surface area (Å²) >= 11 is 2.58. The average molecular weight is 678 g/mol. The zero-order valence-corrected chi connectivity index (χ0v) is 32.5. The summed E-state index contributed by atoms with van der Waals surface area (Å²) in [5.74, 6) is 0. The predicted octanol–water partition coefficient (Wildman–Crippen LogP) is -2.81. The second-order valence-corrected chi connectivity index (χ2v) is 29.1. The Bertz CT molecular complexity index is 1320. The van der Waals surface area contributed by atoms with Gasteiger partial charge in [0.25, 0.3) is 0 Å². The minimum atomic E-state index is -2.62. The van der Waals surface area contributed by atoms with E-state index in [4.69, 9.17) is 0 Å². The Kier molecular flexibility index (Phi) is 12.5. The summed E-state index contributed by atoms with van der Waals surface area (Å²) in [6.07, 6.45) is 0. The Morgan fingerprint density at radius 1 is 0.475 bits per heavy atom. The number of rotatable bonds is 6. The van der Waals surface area contributed by atoms with Crippen LogP contribution in [0.15, 0.2) is 101 Å². The number of benzene rings is 3. The molecule has 0 saturated heterocycles. The summed E-state index contributed by atoms with van der Waals surface area (Å²) < 4.78 is -0.0569. The van der Waals surface area contributed by atoms with Crippen molar-refractivity contribution in [2.24, 2.45) is 0 Å². The topological polar surface area (TPSA) is 0 Å². The molecule has 0 bridgehead atoms. The monoisotopic (exact) mass is 676 g/mol. The van der Waals surface area contributed by atoms with E-state index >= 15 is 0 Å². The van der Waals surface area contributed by atoms with E-state index in [-0.39, 0.29) is 40.6 Å². The molecule has 0 spiro atoms. The molecule has 0 heterocycles. The van der Waals surface area contributed by atoms with Crippen molar-refractivity contribution >= 4 is 50.2 Å². The minimum Gasteiger partial charge on any atom is -1.00 e. The third kappa shape index (κ3) is 6.05. The average Bonchev–Trinajstić information content (AvgIpc) is 3.00. The largest absolute Gasteiger partial charge is 1.00 e. The first-order valence-corrected chi connectivity index (χ1v) is 23.3. The van der Waals surface area contributed by atoms with E-state index in [0.29, 0.717) is 0 Å². The van der Waals surface area contributed by atoms with Gasteiger partial charge in [0.2, 0.25) is 0 Å². The van der Waals surface area contributed by atoms with Crippen molar-refractivity contribution in [3.8, 4) is 0 Å². The smallest absolute Gasteiger partial charge is 1.00 e. The quantitative estimate of drug-likeness (QED) is 0.196. The Morgan fingerprint density at radius 2 is 0.800 bits per heavy atom. The van der Waals surface area contributed by atoms with Gasteiger partial charge in [-0.05, 0) is 0 Å². The van der Waals surface area contributed by atoms with Gasteiger partial charge in [0, 0.05) is 0 Å². The summed E-state index contributed by atoms with van der Waals surface area (Å²) in [6, 6.07) is 31.2. The normalized spacial score (nSPS) is 15.3. The molecule has 3 aromatic rings. The fourth-order valence-corrected chi connectivity index (χ4v) is 17.4. The first kappa shape index (κ1) is 37.4. The maximum atomic E-state index is 2.63. The molecule has 212 valence electrons. The molecule has 0 N–H and O–H groups in total. The van der Waals surface area contributed by atoms with E-state index in [9.17, 15) is 0 Å². The van der Waals surface area contributed by atoms with Crippen LogP contribution in [0.2, 0.25) is 42.6 Å². The van der Waals surface area contributed by atoms with Gasteiger partial charge in [-0.25, -0.2) is 0 Å². The molecule has 0 fully saturated rings. The maximum Gasteiger partial charge on any atom is -1.00 e. The minimum absolute atomic E-state index is 0. The van der Waals surface area contributed by atoms with Crippen molar-refractivity contribution < 1.29 is 57.7 Å². The summed E-state index contributed by atoms with van der Waals surface area (Å²) in [5, 5.41) is 7.72. The maximum absolute atomic E-state index is 2.63. The van der Waals surface area contributed by atoms with Crippen LogP contribution in [0.1, 0.15) is 27.7 Å². The fourth-order valence-electron chi connectivity index (χ4n) is 6.24.